The summed E-state index contributed by atoms with van der Waals surface area (Å²) < 4.78 is 63.2. The van der Waals surface area contributed by atoms with Gasteiger partial charge in [-0.1, -0.05) is 64.3 Å². The van der Waals surface area contributed by atoms with Gasteiger partial charge < -0.3 is 0 Å². The summed E-state index contributed by atoms with van der Waals surface area (Å²) in [6.07, 6.45) is 6.18. The molecule has 0 aliphatic heterocycles. The van der Waals surface area contributed by atoms with Gasteiger partial charge in [-0.2, -0.15) is 16.8 Å². The summed E-state index contributed by atoms with van der Waals surface area (Å²) in [6, 6.07) is 12.9. The summed E-state index contributed by atoms with van der Waals surface area (Å²) in [5.74, 6) is 1.17. The van der Waals surface area contributed by atoms with Crippen molar-refractivity contribution in [3.05, 3.63) is 59.7 Å². The third kappa shape index (κ3) is 7.69. The third-order valence-corrected chi connectivity index (χ3v) is 8.05. The number of rotatable bonds is 12. The monoisotopic (exact) mass is 482 g/mol. The quantitative estimate of drug-likeness (QED) is 0.356. The van der Waals surface area contributed by atoms with Crippen molar-refractivity contribution in [1.29, 1.82) is 0 Å². The number of benzene rings is 2. The van der Waals surface area contributed by atoms with Crippen molar-refractivity contribution in [2.24, 2.45) is 5.92 Å². The van der Waals surface area contributed by atoms with E-state index in [1.807, 2.05) is 0 Å². The molecule has 0 saturated heterocycles. The number of hydrogen-bond acceptors (Lipinski definition) is 4. The SMILES string of the molecule is CCC(CCCC(CC)c1ccc(S(=O)(=O)O)cc1)CC(C)c1ccc(S(=O)(=O)O)cc1. The molecule has 178 valence electrons. The molecule has 0 fully saturated rings. The highest BCUT2D eigenvalue weighted by Gasteiger charge is 2.17. The second kappa shape index (κ2) is 11.4. The fraction of sp³-hybridized carbons (Fsp3) is 0.500. The Labute approximate surface area is 192 Å². The van der Waals surface area contributed by atoms with Crippen molar-refractivity contribution in [2.75, 3.05) is 0 Å². The second-order valence-corrected chi connectivity index (χ2v) is 11.4. The summed E-state index contributed by atoms with van der Waals surface area (Å²) in [5, 5.41) is 0. The highest BCUT2D eigenvalue weighted by Crippen LogP contribution is 2.32. The van der Waals surface area contributed by atoms with Crippen LogP contribution in [0.5, 0.6) is 0 Å². The zero-order valence-corrected chi connectivity index (χ0v) is 20.6. The Hall–Kier alpha value is -1.74. The molecule has 0 bridgehead atoms. The zero-order chi connectivity index (χ0) is 23.9. The lowest BCUT2D eigenvalue weighted by atomic mass is 9.84. The summed E-state index contributed by atoms with van der Waals surface area (Å²) >= 11 is 0. The molecule has 0 aromatic heterocycles. The molecule has 6 nitrogen and oxygen atoms in total. The van der Waals surface area contributed by atoms with Crippen LogP contribution >= 0.6 is 0 Å². The largest absolute Gasteiger partial charge is 0.294 e. The van der Waals surface area contributed by atoms with Gasteiger partial charge in [0, 0.05) is 0 Å². The maximum atomic E-state index is 11.2. The summed E-state index contributed by atoms with van der Waals surface area (Å²) in [5.41, 5.74) is 2.14. The molecular weight excluding hydrogens is 448 g/mol. The molecule has 0 heterocycles. The van der Waals surface area contributed by atoms with Gasteiger partial charge in [-0.3, -0.25) is 9.11 Å². The maximum absolute atomic E-state index is 11.2. The molecule has 0 spiro atoms. The first kappa shape index (κ1) is 26.5. The normalized spacial score (nSPS) is 15.3. The van der Waals surface area contributed by atoms with Crippen LogP contribution in [0.25, 0.3) is 0 Å². The smallest absolute Gasteiger partial charge is 0.282 e. The molecule has 8 heteroatoms. The van der Waals surface area contributed by atoms with Crippen LogP contribution in [0.4, 0.5) is 0 Å². The van der Waals surface area contributed by atoms with Gasteiger partial charge in [0.2, 0.25) is 0 Å². The Morgan fingerprint density at radius 2 is 1.19 bits per heavy atom. The van der Waals surface area contributed by atoms with Gasteiger partial charge >= 0.3 is 0 Å². The van der Waals surface area contributed by atoms with Crippen LogP contribution in [-0.2, 0) is 20.2 Å². The van der Waals surface area contributed by atoms with E-state index in [4.69, 9.17) is 9.11 Å². The van der Waals surface area contributed by atoms with Crippen molar-refractivity contribution in [1.82, 2.24) is 0 Å². The van der Waals surface area contributed by atoms with Crippen LogP contribution < -0.4 is 0 Å². The van der Waals surface area contributed by atoms with E-state index in [9.17, 15) is 16.8 Å². The average Bonchev–Trinajstić information content (AvgIpc) is 2.74. The topological polar surface area (TPSA) is 109 Å². The van der Waals surface area contributed by atoms with Gasteiger partial charge in [0.25, 0.3) is 20.2 Å². The van der Waals surface area contributed by atoms with E-state index in [2.05, 4.69) is 20.8 Å². The van der Waals surface area contributed by atoms with E-state index in [-0.39, 0.29) is 15.7 Å². The molecule has 3 atom stereocenters. The molecule has 0 saturated carbocycles. The number of hydrogen-bond donors (Lipinski definition) is 2. The molecule has 0 radical (unpaired) electrons. The second-order valence-electron chi connectivity index (χ2n) is 8.54. The maximum Gasteiger partial charge on any atom is 0.294 e. The van der Waals surface area contributed by atoms with Crippen LogP contribution in [0, 0.1) is 5.92 Å². The van der Waals surface area contributed by atoms with Gasteiger partial charge in [-0.05, 0) is 72.4 Å². The van der Waals surface area contributed by atoms with Gasteiger partial charge in [-0.15, -0.1) is 0 Å². The molecule has 32 heavy (non-hydrogen) atoms. The van der Waals surface area contributed by atoms with Gasteiger partial charge in [0.05, 0.1) is 9.79 Å². The summed E-state index contributed by atoms with van der Waals surface area (Å²) in [4.78, 5) is -0.170. The van der Waals surface area contributed by atoms with E-state index in [1.54, 1.807) is 24.3 Å². The van der Waals surface area contributed by atoms with Crippen LogP contribution in [0.3, 0.4) is 0 Å². The third-order valence-electron chi connectivity index (χ3n) is 6.32. The Kier molecular flexibility index (Phi) is 9.45. The van der Waals surface area contributed by atoms with E-state index >= 15 is 0 Å². The van der Waals surface area contributed by atoms with Gasteiger partial charge in [0.15, 0.2) is 0 Å². The van der Waals surface area contributed by atoms with E-state index in [0.717, 1.165) is 49.7 Å². The van der Waals surface area contributed by atoms with Crippen molar-refractivity contribution >= 4 is 20.2 Å². The molecule has 0 amide bonds. The Balaban J connectivity index is 1.91. The molecule has 3 unspecified atom stereocenters. The van der Waals surface area contributed by atoms with Crippen LogP contribution in [0.2, 0.25) is 0 Å². The molecule has 0 aliphatic rings. The Morgan fingerprint density at radius 3 is 1.59 bits per heavy atom. The highest BCUT2D eigenvalue weighted by atomic mass is 32.2. The van der Waals surface area contributed by atoms with Crippen LogP contribution in [-0.4, -0.2) is 25.9 Å². The molecule has 2 rings (SSSR count). The van der Waals surface area contributed by atoms with E-state index in [1.165, 1.54) is 24.3 Å². The molecule has 2 N–H and O–H groups in total. The molecule has 0 aliphatic carbocycles. The minimum atomic E-state index is -4.17. The van der Waals surface area contributed by atoms with Crippen molar-refractivity contribution in [3.63, 3.8) is 0 Å². The Morgan fingerprint density at radius 1 is 0.719 bits per heavy atom. The van der Waals surface area contributed by atoms with Crippen molar-refractivity contribution in [3.8, 4) is 0 Å². The minimum Gasteiger partial charge on any atom is -0.282 e. The van der Waals surface area contributed by atoms with Gasteiger partial charge in [0.1, 0.15) is 0 Å². The minimum absolute atomic E-state index is 0.0826. The predicted molar refractivity (Wildman–Crippen MR) is 126 cm³/mol. The molecule has 2 aromatic rings. The first-order valence-electron chi connectivity index (χ1n) is 11.1. The van der Waals surface area contributed by atoms with Crippen molar-refractivity contribution < 1.29 is 25.9 Å². The molecular formula is C24H34O6S2. The lowest BCUT2D eigenvalue weighted by Gasteiger charge is -2.22. The van der Waals surface area contributed by atoms with E-state index in [0.29, 0.717) is 11.8 Å². The fourth-order valence-electron chi connectivity index (χ4n) is 4.26. The average molecular weight is 483 g/mol. The summed E-state index contributed by atoms with van der Waals surface area (Å²) in [6.45, 7) is 6.44. The lowest BCUT2D eigenvalue weighted by Crippen LogP contribution is -2.07. The summed E-state index contributed by atoms with van der Waals surface area (Å²) in [7, 11) is -8.34. The zero-order valence-electron chi connectivity index (χ0n) is 18.9. The van der Waals surface area contributed by atoms with E-state index < -0.39 is 20.2 Å². The fourth-order valence-corrected chi connectivity index (χ4v) is 5.22. The van der Waals surface area contributed by atoms with Crippen LogP contribution in [0.1, 0.15) is 82.3 Å². The van der Waals surface area contributed by atoms with Crippen LogP contribution in [0.15, 0.2) is 58.3 Å². The van der Waals surface area contributed by atoms with Crippen molar-refractivity contribution in [2.45, 2.75) is 80.9 Å². The standard InChI is InChI=1S/C24H34O6S2/c1-4-19(17-18(3)21-9-13-23(14-10-21)31(25,26)27)7-6-8-20(5-2)22-11-15-24(16-12-22)32(28,29)30/h9-16,18-20H,4-8,17H2,1-3H3,(H,25,26,27)(H,28,29,30). The lowest BCUT2D eigenvalue weighted by molar-refractivity contribution is 0.382. The first-order valence-corrected chi connectivity index (χ1v) is 14.0. The Bertz CT molecular complexity index is 1060. The first-order chi connectivity index (χ1) is 15.0. The van der Waals surface area contributed by atoms with Gasteiger partial charge in [-0.25, -0.2) is 0 Å². The highest BCUT2D eigenvalue weighted by molar-refractivity contribution is 7.86. The predicted octanol–water partition coefficient (Wildman–Crippen LogP) is 6.06. The molecule has 2 aromatic carbocycles.